The second-order valence-corrected chi connectivity index (χ2v) is 8.68. The second kappa shape index (κ2) is 10.2. The number of aromatic nitrogens is 2. The first-order valence-electron chi connectivity index (χ1n) is 10.5. The van der Waals surface area contributed by atoms with Gasteiger partial charge in [-0.05, 0) is 39.7 Å². The van der Waals surface area contributed by atoms with E-state index in [1.54, 1.807) is 13.8 Å². The number of anilines is 1. The number of hydrogen-bond acceptors (Lipinski definition) is 7. The van der Waals surface area contributed by atoms with Gasteiger partial charge in [0.15, 0.2) is 0 Å². The van der Waals surface area contributed by atoms with E-state index in [0.717, 1.165) is 30.5 Å². The summed E-state index contributed by atoms with van der Waals surface area (Å²) >= 11 is 0.935. The normalized spacial score (nSPS) is 19.4. The number of carbonyl (C=O) groups is 2. The van der Waals surface area contributed by atoms with Crippen molar-refractivity contribution < 1.29 is 36.3 Å². The predicted molar refractivity (Wildman–Crippen MR) is 114 cm³/mol. The van der Waals surface area contributed by atoms with Crippen molar-refractivity contribution in [2.75, 3.05) is 11.9 Å². The lowest BCUT2D eigenvalue weighted by Crippen LogP contribution is -2.36. The highest BCUT2D eigenvalue weighted by atomic mass is 32.1. The molecule has 34 heavy (non-hydrogen) atoms. The van der Waals surface area contributed by atoms with E-state index in [0.29, 0.717) is 12.8 Å². The Morgan fingerprint density at radius 2 is 2.03 bits per heavy atom. The van der Waals surface area contributed by atoms with Crippen LogP contribution in [0.5, 0.6) is 0 Å². The number of pyridine rings is 1. The molecule has 1 aliphatic heterocycles. The summed E-state index contributed by atoms with van der Waals surface area (Å²) in [6.07, 6.45) is -5.62. The van der Waals surface area contributed by atoms with Crippen LogP contribution in [-0.4, -0.2) is 51.6 Å². The summed E-state index contributed by atoms with van der Waals surface area (Å²) < 4.78 is 71.2. The Balaban J connectivity index is 1.90. The molecule has 0 radical (unpaired) electrons. The fourth-order valence-electron chi connectivity index (χ4n) is 3.75. The molecule has 1 fully saturated rings. The number of nitrogens with zero attached hydrogens (tertiary/aromatic N) is 3. The maximum absolute atomic E-state index is 13.9. The average Bonchev–Trinajstić information content (AvgIpc) is 3.40. The van der Waals surface area contributed by atoms with Gasteiger partial charge in [0.2, 0.25) is 5.01 Å². The Bertz CT molecular complexity index is 1050. The number of carbonyl (C=O) groups excluding carboxylic acids is 2. The predicted octanol–water partition coefficient (Wildman–Crippen LogP) is 5.38. The van der Waals surface area contributed by atoms with Crippen molar-refractivity contribution in [2.45, 2.75) is 64.3 Å². The lowest BCUT2D eigenvalue weighted by molar-refractivity contribution is -0.138. The summed E-state index contributed by atoms with van der Waals surface area (Å²) in [5.74, 6) is -1.56. The number of likely N-dealkylation sites (tertiary alicyclic amines) is 1. The number of hydrogen-bond donors (Lipinski definition) is 1. The average molecular weight is 506 g/mol. The molecule has 0 saturated carbocycles. The number of halogens is 5. The maximum atomic E-state index is 13.9. The van der Waals surface area contributed by atoms with Crippen LogP contribution >= 0.6 is 11.3 Å². The second-order valence-electron chi connectivity index (χ2n) is 7.82. The quantitative estimate of drug-likeness (QED) is 0.401. The summed E-state index contributed by atoms with van der Waals surface area (Å²) in [5.41, 5.74) is -0.469. The van der Waals surface area contributed by atoms with Crippen molar-refractivity contribution in [2.24, 2.45) is 0 Å². The van der Waals surface area contributed by atoms with Gasteiger partial charge in [0.1, 0.15) is 17.6 Å². The number of thiazole rings is 1. The summed E-state index contributed by atoms with van der Waals surface area (Å²) in [7, 11) is 0. The largest absolute Gasteiger partial charge is 0.461 e. The molecule has 0 spiro atoms. The molecule has 1 saturated heterocycles. The van der Waals surface area contributed by atoms with Crippen molar-refractivity contribution >= 4 is 29.0 Å². The molecule has 13 heteroatoms. The van der Waals surface area contributed by atoms with E-state index in [1.165, 1.54) is 10.3 Å². The van der Waals surface area contributed by atoms with Gasteiger partial charge in [-0.2, -0.15) is 13.2 Å². The topological polar surface area (TPSA) is 84.4 Å². The number of esters is 1. The van der Waals surface area contributed by atoms with E-state index in [1.807, 2.05) is 0 Å². The molecule has 7 nitrogen and oxygen atoms in total. The van der Waals surface area contributed by atoms with E-state index < -0.39 is 42.1 Å². The molecule has 1 N–H and O–H groups in total. The Hall–Kier alpha value is -2.83. The van der Waals surface area contributed by atoms with Gasteiger partial charge >= 0.3 is 12.1 Å². The van der Waals surface area contributed by atoms with Crippen LogP contribution in [0.1, 0.15) is 77.5 Å². The molecule has 1 aliphatic rings. The highest BCUT2D eigenvalue weighted by Gasteiger charge is 2.40. The first kappa shape index (κ1) is 25.8. The Morgan fingerprint density at radius 3 is 2.65 bits per heavy atom. The molecule has 186 valence electrons. The molecule has 1 amide bonds. The molecular weight excluding hydrogens is 483 g/mol. The highest BCUT2D eigenvalue weighted by Crippen LogP contribution is 2.41. The molecule has 0 bridgehead atoms. The minimum absolute atomic E-state index is 0.00209. The zero-order valence-electron chi connectivity index (χ0n) is 18.5. The van der Waals surface area contributed by atoms with E-state index in [2.05, 4.69) is 15.3 Å². The van der Waals surface area contributed by atoms with E-state index in [4.69, 9.17) is 4.74 Å². The number of nitrogens with one attached hydrogen (secondary N) is 1. The smallest absolute Gasteiger partial charge is 0.408 e. The summed E-state index contributed by atoms with van der Waals surface area (Å²) in [4.78, 5) is 34.4. The van der Waals surface area contributed by atoms with Gasteiger partial charge in [0.05, 0.1) is 12.6 Å². The minimum atomic E-state index is -4.58. The van der Waals surface area contributed by atoms with Crippen LogP contribution < -0.4 is 5.32 Å². The molecule has 0 aromatic carbocycles. The van der Waals surface area contributed by atoms with Crippen molar-refractivity contribution in [3.63, 3.8) is 0 Å². The fourth-order valence-corrected chi connectivity index (χ4v) is 4.44. The standard InChI is InChI=1S/C21H23F5N4O3S/c1-4-33-20(32)18-29-14(9-34-18)19(31)30-10(2)5-6-15(30)13-8-27-16(7-12(13)17(22)23)28-11(3)21(24,25)26/h7-11,15,17H,4-6H2,1-3H3,(H,27,28)/t10?,11-,15?/m0/s1. The Labute approximate surface area is 196 Å². The van der Waals surface area contributed by atoms with Crippen LogP contribution in [0, 0.1) is 0 Å². The molecule has 3 heterocycles. The van der Waals surface area contributed by atoms with Gasteiger partial charge in [0.25, 0.3) is 12.3 Å². The summed E-state index contributed by atoms with van der Waals surface area (Å²) in [6, 6.07) is -2.20. The number of ether oxygens (including phenoxy) is 1. The minimum Gasteiger partial charge on any atom is -0.461 e. The van der Waals surface area contributed by atoms with Crippen molar-refractivity contribution in [1.82, 2.24) is 14.9 Å². The van der Waals surface area contributed by atoms with Crippen LogP contribution in [-0.2, 0) is 4.74 Å². The van der Waals surface area contributed by atoms with Gasteiger partial charge < -0.3 is 15.0 Å². The van der Waals surface area contributed by atoms with Crippen molar-refractivity contribution in [1.29, 1.82) is 0 Å². The zero-order chi connectivity index (χ0) is 25.2. The Kier molecular flexibility index (Phi) is 7.74. The van der Waals surface area contributed by atoms with Crippen LogP contribution in [0.25, 0.3) is 0 Å². The van der Waals surface area contributed by atoms with Crippen LogP contribution in [0.4, 0.5) is 27.8 Å². The lowest BCUT2D eigenvalue weighted by Gasteiger charge is -2.29. The van der Waals surface area contributed by atoms with E-state index in [-0.39, 0.29) is 34.7 Å². The molecule has 2 aromatic heterocycles. The SMILES string of the molecule is CCOC(=O)c1nc(C(=O)N2C(C)CCC2c2cnc(N[C@@H](C)C(F)(F)F)cc2C(F)F)cs1. The van der Waals surface area contributed by atoms with Gasteiger partial charge in [0, 0.05) is 28.7 Å². The van der Waals surface area contributed by atoms with Gasteiger partial charge in [-0.1, -0.05) is 0 Å². The van der Waals surface area contributed by atoms with E-state index in [9.17, 15) is 31.5 Å². The lowest BCUT2D eigenvalue weighted by atomic mass is 10.0. The van der Waals surface area contributed by atoms with Gasteiger partial charge in [-0.15, -0.1) is 11.3 Å². The molecule has 3 atom stereocenters. The van der Waals surface area contributed by atoms with Crippen LogP contribution in [0.2, 0.25) is 0 Å². The number of rotatable bonds is 7. The summed E-state index contributed by atoms with van der Waals surface area (Å²) in [5, 5.41) is 3.48. The van der Waals surface area contributed by atoms with Gasteiger partial charge in [-0.3, -0.25) is 4.79 Å². The monoisotopic (exact) mass is 506 g/mol. The molecule has 2 unspecified atom stereocenters. The highest BCUT2D eigenvalue weighted by molar-refractivity contribution is 7.11. The van der Waals surface area contributed by atoms with Crippen molar-refractivity contribution in [3.8, 4) is 0 Å². The third kappa shape index (κ3) is 5.45. The van der Waals surface area contributed by atoms with Crippen LogP contribution in [0.15, 0.2) is 17.6 Å². The van der Waals surface area contributed by atoms with Crippen molar-refractivity contribution in [3.05, 3.63) is 39.5 Å². The summed E-state index contributed by atoms with van der Waals surface area (Å²) in [6.45, 7) is 4.39. The number of alkyl halides is 5. The molecular formula is C21H23F5N4O3S. The maximum Gasteiger partial charge on any atom is 0.408 e. The van der Waals surface area contributed by atoms with Crippen LogP contribution in [0.3, 0.4) is 0 Å². The molecule has 2 aromatic rings. The Morgan fingerprint density at radius 1 is 1.32 bits per heavy atom. The van der Waals surface area contributed by atoms with E-state index >= 15 is 0 Å². The zero-order valence-corrected chi connectivity index (χ0v) is 19.3. The first-order valence-corrected chi connectivity index (χ1v) is 11.4. The molecule has 3 rings (SSSR count). The molecule has 0 aliphatic carbocycles. The third-order valence-corrected chi connectivity index (χ3v) is 6.32. The fraction of sp³-hybridized carbons (Fsp3) is 0.524. The first-order chi connectivity index (χ1) is 15.9. The number of amides is 1. The van der Waals surface area contributed by atoms with Gasteiger partial charge in [-0.25, -0.2) is 23.5 Å². The third-order valence-electron chi connectivity index (χ3n) is 5.49.